The molecular formula is C24H29NO4. The van der Waals surface area contributed by atoms with E-state index in [4.69, 9.17) is 9.47 Å². The summed E-state index contributed by atoms with van der Waals surface area (Å²) < 4.78 is 10.6. The molecule has 1 saturated carbocycles. The maximum absolute atomic E-state index is 13.4. The molecule has 1 aliphatic carbocycles. The number of amides is 1. The molecule has 1 fully saturated rings. The zero-order valence-electron chi connectivity index (χ0n) is 17.4. The minimum absolute atomic E-state index is 0.0308. The molecule has 0 spiro atoms. The van der Waals surface area contributed by atoms with Gasteiger partial charge in [-0.1, -0.05) is 49.6 Å². The van der Waals surface area contributed by atoms with Gasteiger partial charge in [0.1, 0.15) is 11.3 Å². The van der Waals surface area contributed by atoms with Gasteiger partial charge in [-0.2, -0.15) is 0 Å². The van der Waals surface area contributed by atoms with Crippen molar-refractivity contribution in [3.05, 3.63) is 59.7 Å². The Balaban J connectivity index is 1.91. The summed E-state index contributed by atoms with van der Waals surface area (Å²) in [5.74, 6) is -0.0794. The Morgan fingerprint density at radius 2 is 1.69 bits per heavy atom. The van der Waals surface area contributed by atoms with Crippen LogP contribution in [-0.2, 0) is 14.9 Å². The predicted molar refractivity (Wildman–Crippen MR) is 113 cm³/mol. The fraction of sp³-hybridized carbons (Fsp3) is 0.417. The summed E-state index contributed by atoms with van der Waals surface area (Å²) in [4.78, 5) is 25.7. The minimum Gasteiger partial charge on any atom is -0.490 e. The highest BCUT2D eigenvalue weighted by molar-refractivity contribution is 6.01. The Labute approximate surface area is 172 Å². The van der Waals surface area contributed by atoms with Crippen LogP contribution >= 0.6 is 0 Å². The number of anilines is 1. The van der Waals surface area contributed by atoms with Gasteiger partial charge >= 0.3 is 5.97 Å². The highest BCUT2D eigenvalue weighted by Crippen LogP contribution is 2.40. The average Bonchev–Trinajstić information content (AvgIpc) is 2.75. The van der Waals surface area contributed by atoms with Crippen LogP contribution in [-0.4, -0.2) is 25.1 Å². The lowest BCUT2D eigenvalue weighted by Crippen LogP contribution is -2.42. The van der Waals surface area contributed by atoms with Gasteiger partial charge in [-0.25, -0.2) is 4.79 Å². The van der Waals surface area contributed by atoms with Crippen LogP contribution in [0.2, 0.25) is 0 Å². The van der Waals surface area contributed by atoms with Crippen molar-refractivity contribution >= 4 is 17.6 Å². The summed E-state index contributed by atoms with van der Waals surface area (Å²) >= 11 is 0. The first-order chi connectivity index (χ1) is 14.0. The van der Waals surface area contributed by atoms with Crippen molar-refractivity contribution in [2.45, 2.75) is 57.5 Å². The Morgan fingerprint density at radius 1 is 1.00 bits per heavy atom. The van der Waals surface area contributed by atoms with E-state index in [1.807, 2.05) is 44.2 Å². The van der Waals surface area contributed by atoms with Crippen molar-refractivity contribution < 1.29 is 19.1 Å². The van der Waals surface area contributed by atoms with Gasteiger partial charge in [0.2, 0.25) is 5.91 Å². The number of esters is 1. The first-order valence-corrected chi connectivity index (χ1v) is 10.2. The monoisotopic (exact) mass is 395 g/mol. The summed E-state index contributed by atoms with van der Waals surface area (Å²) in [7, 11) is 1.33. The smallest absolute Gasteiger partial charge is 0.341 e. The molecule has 2 aromatic rings. The molecule has 3 rings (SSSR count). The Kier molecular flexibility index (Phi) is 6.57. The molecule has 0 radical (unpaired) electrons. The summed E-state index contributed by atoms with van der Waals surface area (Å²) in [6, 6.07) is 15.1. The van der Waals surface area contributed by atoms with Crippen molar-refractivity contribution in [2.75, 3.05) is 12.4 Å². The summed E-state index contributed by atoms with van der Waals surface area (Å²) in [5, 5.41) is 3.05. The Bertz CT molecular complexity index is 854. The van der Waals surface area contributed by atoms with Crippen molar-refractivity contribution in [1.29, 1.82) is 0 Å². The maximum atomic E-state index is 13.4. The van der Waals surface area contributed by atoms with E-state index in [1.54, 1.807) is 18.2 Å². The van der Waals surface area contributed by atoms with Crippen LogP contribution in [0.15, 0.2) is 48.5 Å². The van der Waals surface area contributed by atoms with E-state index < -0.39 is 11.4 Å². The van der Waals surface area contributed by atoms with Gasteiger partial charge < -0.3 is 14.8 Å². The number of nitrogens with one attached hydrogen (secondary N) is 1. The molecule has 0 aliphatic heterocycles. The van der Waals surface area contributed by atoms with E-state index >= 15 is 0 Å². The number of hydrogen-bond acceptors (Lipinski definition) is 4. The third kappa shape index (κ3) is 4.61. The van der Waals surface area contributed by atoms with Gasteiger partial charge in [0, 0.05) is 5.69 Å². The van der Waals surface area contributed by atoms with Crippen molar-refractivity contribution in [1.82, 2.24) is 0 Å². The van der Waals surface area contributed by atoms with E-state index in [1.165, 1.54) is 7.11 Å². The van der Waals surface area contributed by atoms with Crippen LogP contribution in [0, 0.1) is 0 Å². The highest BCUT2D eigenvalue weighted by Gasteiger charge is 2.41. The lowest BCUT2D eigenvalue weighted by molar-refractivity contribution is -0.122. The second-order valence-corrected chi connectivity index (χ2v) is 7.83. The first kappa shape index (κ1) is 20.9. The SMILES string of the molecule is COC(=O)c1cc(NC(=O)C2(c3ccccc3)CCCCC2)ccc1OC(C)C. The minimum atomic E-state index is -0.544. The molecule has 1 amide bonds. The fourth-order valence-electron chi connectivity index (χ4n) is 4.04. The summed E-state index contributed by atoms with van der Waals surface area (Å²) in [6.45, 7) is 3.78. The van der Waals surface area contributed by atoms with Gasteiger partial charge in [-0.3, -0.25) is 4.79 Å². The molecule has 154 valence electrons. The van der Waals surface area contributed by atoms with Gasteiger partial charge in [-0.15, -0.1) is 0 Å². The molecule has 2 aromatic carbocycles. The topological polar surface area (TPSA) is 64.6 Å². The number of carbonyl (C=O) groups is 2. The molecule has 1 aliphatic rings. The molecule has 5 nitrogen and oxygen atoms in total. The van der Waals surface area contributed by atoms with E-state index in [-0.39, 0.29) is 12.0 Å². The van der Waals surface area contributed by atoms with Gasteiger partial charge in [-0.05, 0) is 50.5 Å². The van der Waals surface area contributed by atoms with Crippen LogP contribution in [0.4, 0.5) is 5.69 Å². The molecule has 0 saturated heterocycles. The standard InChI is InChI=1S/C24H29NO4/c1-17(2)29-21-13-12-19(16-20(21)22(26)28-3)25-23(27)24(14-8-5-9-15-24)18-10-6-4-7-11-18/h4,6-7,10-13,16-17H,5,8-9,14-15H2,1-3H3,(H,25,27). The van der Waals surface area contributed by atoms with Crippen LogP contribution < -0.4 is 10.1 Å². The van der Waals surface area contributed by atoms with E-state index in [2.05, 4.69) is 5.32 Å². The molecule has 0 aromatic heterocycles. The number of ether oxygens (including phenoxy) is 2. The van der Waals surface area contributed by atoms with Gasteiger partial charge in [0.25, 0.3) is 0 Å². The van der Waals surface area contributed by atoms with E-state index in [0.29, 0.717) is 17.0 Å². The zero-order valence-corrected chi connectivity index (χ0v) is 17.4. The van der Waals surface area contributed by atoms with Crippen molar-refractivity contribution in [2.24, 2.45) is 0 Å². The second kappa shape index (κ2) is 9.12. The molecule has 0 heterocycles. The lowest BCUT2D eigenvalue weighted by atomic mass is 9.68. The quantitative estimate of drug-likeness (QED) is 0.691. The number of benzene rings is 2. The highest BCUT2D eigenvalue weighted by atomic mass is 16.5. The molecular weight excluding hydrogens is 366 g/mol. The normalized spacial score (nSPS) is 15.6. The third-order valence-corrected chi connectivity index (χ3v) is 5.47. The molecule has 5 heteroatoms. The van der Waals surface area contributed by atoms with Crippen molar-refractivity contribution in [3.63, 3.8) is 0 Å². The largest absolute Gasteiger partial charge is 0.490 e. The van der Waals surface area contributed by atoms with Gasteiger partial charge in [0.05, 0.1) is 18.6 Å². The van der Waals surface area contributed by atoms with Gasteiger partial charge in [0.15, 0.2) is 0 Å². The first-order valence-electron chi connectivity index (χ1n) is 10.2. The zero-order chi connectivity index (χ0) is 20.9. The number of carbonyl (C=O) groups excluding carboxylic acids is 2. The van der Waals surface area contributed by atoms with Crippen LogP contribution in [0.1, 0.15) is 61.9 Å². The fourth-order valence-corrected chi connectivity index (χ4v) is 4.04. The van der Waals surface area contributed by atoms with Crippen molar-refractivity contribution in [3.8, 4) is 5.75 Å². The number of hydrogen-bond donors (Lipinski definition) is 1. The molecule has 0 atom stereocenters. The summed E-state index contributed by atoms with van der Waals surface area (Å²) in [6.07, 6.45) is 4.76. The third-order valence-electron chi connectivity index (χ3n) is 5.47. The number of rotatable bonds is 6. The van der Waals surface area contributed by atoms with Crippen LogP contribution in [0.25, 0.3) is 0 Å². The number of methoxy groups -OCH3 is 1. The van der Waals surface area contributed by atoms with Crippen LogP contribution in [0.5, 0.6) is 5.75 Å². The summed E-state index contributed by atoms with van der Waals surface area (Å²) in [5.41, 5.74) is 1.37. The van der Waals surface area contributed by atoms with E-state index in [0.717, 1.165) is 37.7 Å². The van der Waals surface area contributed by atoms with E-state index in [9.17, 15) is 9.59 Å². The second-order valence-electron chi connectivity index (χ2n) is 7.83. The van der Waals surface area contributed by atoms with Crippen LogP contribution in [0.3, 0.4) is 0 Å². The lowest BCUT2D eigenvalue weighted by Gasteiger charge is -2.36. The Morgan fingerprint density at radius 3 is 2.31 bits per heavy atom. The molecule has 29 heavy (non-hydrogen) atoms. The molecule has 1 N–H and O–H groups in total. The molecule has 0 unspecified atom stereocenters. The maximum Gasteiger partial charge on any atom is 0.341 e. The average molecular weight is 395 g/mol. The molecule has 0 bridgehead atoms. The Hall–Kier alpha value is -2.82. The predicted octanol–water partition coefficient (Wildman–Crippen LogP) is 5.10.